The molecule has 1 saturated carbocycles. The third kappa shape index (κ3) is 6.72. The van der Waals surface area contributed by atoms with Gasteiger partial charge < -0.3 is 9.64 Å². The highest BCUT2D eigenvalue weighted by molar-refractivity contribution is 7.98. The van der Waals surface area contributed by atoms with Gasteiger partial charge in [-0.2, -0.15) is 0 Å². The molecule has 1 aromatic rings. The normalized spacial score (nSPS) is 25.1. The molecule has 0 amide bonds. The Morgan fingerprint density at radius 1 is 1.03 bits per heavy atom. The zero-order valence-electron chi connectivity index (χ0n) is 22.2. The first-order valence-corrected chi connectivity index (χ1v) is 15.2. The van der Waals surface area contributed by atoms with E-state index in [1.165, 1.54) is 66.7 Å². The molecule has 0 aromatic heterocycles. The summed E-state index contributed by atoms with van der Waals surface area (Å²) in [5, 5.41) is 0.675. The number of ether oxygens (including phenoxy) is 1. The monoisotopic (exact) mass is 538 g/mol. The maximum absolute atomic E-state index is 12.5. The Morgan fingerprint density at radius 3 is 2.46 bits per heavy atom. The molecule has 0 spiro atoms. The van der Waals surface area contributed by atoms with Gasteiger partial charge in [0.2, 0.25) is 0 Å². The quantitative estimate of drug-likeness (QED) is 0.331. The highest BCUT2D eigenvalue weighted by Crippen LogP contribution is 2.40. The van der Waals surface area contributed by atoms with Gasteiger partial charge in [0, 0.05) is 30.3 Å². The molecule has 4 nitrogen and oxygen atoms in total. The van der Waals surface area contributed by atoms with E-state index in [4.69, 9.17) is 20.7 Å². The van der Waals surface area contributed by atoms with E-state index in [2.05, 4.69) is 30.9 Å². The Hall–Kier alpha value is -1.98. The minimum atomic E-state index is 0.158. The molecular weight excluding hydrogens is 500 g/mol. The van der Waals surface area contributed by atoms with Crippen molar-refractivity contribution in [1.82, 2.24) is 4.90 Å². The molecule has 5 rings (SSSR count). The molecule has 0 N–H and O–H groups in total. The highest BCUT2D eigenvalue weighted by Gasteiger charge is 2.33. The maximum Gasteiger partial charge on any atom is 0.170 e. The number of carbonyl (C=O) groups excluding carboxylic acids is 1. The van der Waals surface area contributed by atoms with Crippen molar-refractivity contribution >= 4 is 35.0 Å². The third-order valence-electron chi connectivity index (χ3n) is 8.63. The number of nitrogens with zero attached hydrogens (tertiary/aromatic N) is 2. The van der Waals surface area contributed by atoms with Crippen LogP contribution in [0.5, 0.6) is 5.75 Å². The van der Waals surface area contributed by atoms with Gasteiger partial charge in [-0.25, -0.2) is 4.40 Å². The van der Waals surface area contributed by atoms with Crippen LogP contribution in [0.15, 0.2) is 63.2 Å². The number of hydrogen-bond donors (Lipinski definition) is 0. The van der Waals surface area contributed by atoms with E-state index in [1.54, 1.807) is 24.1 Å². The van der Waals surface area contributed by atoms with Crippen molar-refractivity contribution in [2.24, 2.45) is 22.2 Å². The second-order valence-electron chi connectivity index (χ2n) is 11.3. The van der Waals surface area contributed by atoms with Gasteiger partial charge in [-0.05, 0) is 124 Å². The molecule has 0 atom stereocenters. The second kappa shape index (κ2) is 12.3. The smallest absolute Gasteiger partial charge is 0.170 e. The maximum atomic E-state index is 12.5. The van der Waals surface area contributed by atoms with Crippen molar-refractivity contribution < 1.29 is 9.53 Å². The van der Waals surface area contributed by atoms with Gasteiger partial charge in [0.15, 0.2) is 5.78 Å². The fourth-order valence-electron chi connectivity index (χ4n) is 6.42. The Labute approximate surface area is 231 Å². The zero-order chi connectivity index (χ0) is 25.8. The molecular formula is C31H39ClN2O2S. The highest BCUT2D eigenvalue weighted by atomic mass is 35.5. The van der Waals surface area contributed by atoms with Gasteiger partial charge in [0.1, 0.15) is 12.4 Å². The summed E-state index contributed by atoms with van der Waals surface area (Å²) in [4.78, 5) is 15.1. The Kier molecular flexibility index (Phi) is 8.82. The van der Waals surface area contributed by atoms with E-state index in [9.17, 15) is 4.79 Å². The van der Waals surface area contributed by atoms with Crippen LogP contribution in [0.1, 0.15) is 65.2 Å². The summed E-state index contributed by atoms with van der Waals surface area (Å²) in [6, 6.07) is 7.21. The molecule has 198 valence electrons. The molecule has 0 unspecified atom stereocenters. The molecule has 6 heteroatoms. The number of ketones is 1. The lowest BCUT2D eigenvalue weighted by molar-refractivity contribution is -0.122. The van der Waals surface area contributed by atoms with Gasteiger partial charge in [-0.15, -0.1) is 0 Å². The number of piperidine rings is 1. The lowest BCUT2D eigenvalue weighted by Crippen LogP contribution is -2.39. The summed E-state index contributed by atoms with van der Waals surface area (Å²) in [6.07, 6.45) is 13.7. The lowest BCUT2D eigenvalue weighted by atomic mass is 9.72. The first kappa shape index (κ1) is 26.6. The SMILES string of the molecule is CC1=CC=C(N2CCC(C3CCC(CC(=O)COc4ccc(Cl)cc4)CC3)CC2)C2=NSCC(C)=C2C1. The summed E-state index contributed by atoms with van der Waals surface area (Å²) in [5.74, 6) is 4.06. The predicted molar refractivity (Wildman–Crippen MR) is 155 cm³/mol. The molecule has 2 aliphatic heterocycles. The van der Waals surface area contributed by atoms with Gasteiger partial charge >= 0.3 is 0 Å². The predicted octanol–water partition coefficient (Wildman–Crippen LogP) is 7.85. The molecule has 0 radical (unpaired) electrons. The van der Waals surface area contributed by atoms with Crippen LogP contribution in [0.25, 0.3) is 0 Å². The number of rotatable bonds is 7. The average Bonchev–Trinajstić information content (AvgIpc) is 3.08. The number of hydrogen-bond acceptors (Lipinski definition) is 5. The first-order chi connectivity index (χ1) is 18.0. The minimum absolute atomic E-state index is 0.158. The van der Waals surface area contributed by atoms with Crippen molar-refractivity contribution in [2.45, 2.75) is 65.2 Å². The zero-order valence-corrected chi connectivity index (χ0v) is 23.8. The average molecular weight is 539 g/mol. The summed E-state index contributed by atoms with van der Waals surface area (Å²) in [5.41, 5.74) is 6.91. The van der Waals surface area contributed by atoms with Crippen LogP contribution in [0.2, 0.25) is 5.02 Å². The number of fused-ring (bicyclic) bond motifs is 1. The molecule has 0 bridgehead atoms. The number of benzene rings is 1. The molecule has 2 aliphatic carbocycles. The number of likely N-dealkylation sites (tertiary alicyclic amines) is 1. The summed E-state index contributed by atoms with van der Waals surface area (Å²) in [6.45, 7) is 6.92. The van der Waals surface area contributed by atoms with Crippen LogP contribution in [0.3, 0.4) is 0 Å². The first-order valence-electron chi connectivity index (χ1n) is 13.9. The number of carbonyl (C=O) groups is 1. The van der Waals surface area contributed by atoms with Crippen molar-refractivity contribution in [3.8, 4) is 5.75 Å². The summed E-state index contributed by atoms with van der Waals surface area (Å²) < 4.78 is 10.6. The van der Waals surface area contributed by atoms with Crippen LogP contribution in [0, 0.1) is 17.8 Å². The van der Waals surface area contributed by atoms with Crippen LogP contribution >= 0.6 is 23.5 Å². The Balaban J connectivity index is 1.07. The number of allylic oxidation sites excluding steroid dienone is 4. The van der Waals surface area contributed by atoms with Crippen LogP contribution < -0.4 is 4.74 Å². The number of halogens is 1. The van der Waals surface area contributed by atoms with E-state index < -0.39 is 0 Å². The minimum Gasteiger partial charge on any atom is -0.486 e. The van der Waals surface area contributed by atoms with E-state index in [-0.39, 0.29) is 12.4 Å². The molecule has 2 fully saturated rings. The van der Waals surface area contributed by atoms with Gasteiger partial charge in [0.25, 0.3) is 0 Å². The molecule has 1 aromatic carbocycles. The van der Waals surface area contributed by atoms with Crippen molar-refractivity contribution in [1.29, 1.82) is 0 Å². The number of Topliss-reactive ketones (excluding diaryl/α,β-unsaturated/α-hetero) is 1. The fraction of sp³-hybridized carbons (Fsp3) is 0.548. The summed E-state index contributed by atoms with van der Waals surface area (Å²) in [7, 11) is 0. The van der Waals surface area contributed by atoms with E-state index in [0.717, 1.165) is 37.1 Å². The molecule has 2 heterocycles. The van der Waals surface area contributed by atoms with Crippen molar-refractivity contribution in [3.63, 3.8) is 0 Å². The van der Waals surface area contributed by atoms with Crippen molar-refractivity contribution in [2.75, 3.05) is 25.4 Å². The van der Waals surface area contributed by atoms with E-state index in [1.807, 2.05) is 12.1 Å². The third-order valence-corrected chi connectivity index (χ3v) is 9.76. The van der Waals surface area contributed by atoms with Crippen LogP contribution in [-0.2, 0) is 4.79 Å². The van der Waals surface area contributed by atoms with Gasteiger partial charge in [-0.1, -0.05) is 28.8 Å². The van der Waals surface area contributed by atoms with Crippen LogP contribution in [-0.4, -0.2) is 41.8 Å². The Morgan fingerprint density at radius 2 is 1.73 bits per heavy atom. The van der Waals surface area contributed by atoms with Gasteiger partial charge in [-0.3, -0.25) is 4.79 Å². The second-order valence-corrected chi connectivity index (χ2v) is 12.5. The topological polar surface area (TPSA) is 41.9 Å². The fourth-order valence-corrected chi connectivity index (χ4v) is 7.31. The molecule has 4 aliphatic rings. The van der Waals surface area contributed by atoms with Crippen LogP contribution in [0.4, 0.5) is 0 Å². The van der Waals surface area contributed by atoms with Crippen molar-refractivity contribution in [3.05, 3.63) is 63.9 Å². The molecule has 1 saturated heterocycles. The van der Waals surface area contributed by atoms with E-state index >= 15 is 0 Å². The lowest BCUT2D eigenvalue weighted by Gasteiger charge is -2.41. The Bertz CT molecular complexity index is 1100. The largest absolute Gasteiger partial charge is 0.486 e. The van der Waals surface area contributed by atoms with Gasteiger partial charge in [0.05, 0.1) is 11.4 Å². The molecule has 37 heavy (non-hydrogen) atoms. The summed E-state index contributed by atoms with van der Waals surface area (Å²) >= 11 is 7.62. The standard InChI is InChI=1S/C31H39ClN2O2S/c1-21-3-12-30(31-29(17-21)22(2)20-37-33-31)34-15-13-25(14-16-34)24-6-4-23(5-7-24)18-27(35)19-36-28-10-8-26(32)9-11-28/h3,8-12,23-25H,4-7,13-20H2,1-2H3. The van der Waals surface area contributed by atoms with E-state index in [0.29, 0.717) is 23.1 Å².